The minimum Gasteiger partial charge on any atom is -0.354 e. The molecule has 0 saturated carbocycles. The molecule has 6 heteroatoms. The van der Waals surface area contributed by atoms with Gasteiger partial charge in [0.05, 0.1) is 5.69 Å². The Balaban J connectivity index is 1.68. The first-order chi connectivity index (χ1) is 11.1. The molecule has 0 fully saturated rings. The number of rotatable bonds is 3. The highest BCUT2D eigenvalue weighted by Crippen LogP contribution is 2.24. The highest BCUT2D eigenvalue weighted by atomic mass is 79.9. The second-order valence-corrected chi connectivity index (χ2v) is 5.86. The fourth-order valence-corrected chi connectivity index (χ4v) is 2.66. The fraction of sp³-hybridized carbons (Fsp3) is 0.0588. The predicted octanol–water partition coefficient (Wildman–Crippen LogP) is 5.06. The molecule has 116 valence electrons. The third-order valence-corrected chi connectivity index (χ3v) is 3.84. The van der Waals surface area contributed by atoms with Crippen LogP contribution < -0.4 is 10.6 Å². The molecule has 2 amide bonds. The predicted molar refractivity (Wildman–Crippen MR) is 93.5 cm³/mol. The number of halogens is 1. The Labute approximate surface area is 141 Å². The lowest BCUT2D eigenvalue weighted by Crippen LogP contribution is -2.19. The molecule has 0 bridgehead atoms. The van der Waals surface area contributed by atoms with Crippen LogP contribution in [0.4, 0.5) is 16.3 Å². The van der Waals surface area contributed by atoms with E-state index in [9.17, 15) is 4.79 Å². The van der Waals surface area contributed by atoms with E-state index in [0.717, 1.165) is 15.6 Å². The Kier molecular flexibility index (Phi) is 4.43. The average molecular weight is 372 g/mol. The standard InChI is InChI=1S/C17H14BrN3O2/c1-11-7-8-14(13(18)9-11)19-17(22)20-16-10-15(23-21-16)12-5-3-2-4-6-12/h2-10H,1H3,(H2,19,20,21,22). The maximum Gasteiger partial charge on any atom is 0.324 e. The van der Waals surface area contributed by atoms with E-state index in [2.05, 4.69) is 31.7 Å². The van der Waals surface area contributed by atoms with Gasteiger partial charge in [0, 0.05) is 16.1 Å². The normalized spacial score (nSPS) is 10.3. The van der Waals surface area contributed by atoms with Crippen LogP contribution in [0.25, 0.3) is 11.3 Å². The monoisotopic (exact) mass is 371 g/mol. The van der Waals surface area contributed by atoms with Crippen molar-refractivity contribution in [2.24, 2.45) is 0 Å². The lowest BCUT2D eigenvalue weighted by Gasteiger charge is -2.07. The number of carbonyl (C=O) groups excluding carboxylic acids is 1. The second-order valence-electron chi connectivity index (χ2n) is 5.00. The molecular weight excluding hydrogens is 358 g/mol. The van der Waals surface area contributed by atoms with E-state index in [1.165, 1.54) is 0 Å². The molecule has 1 heterocycles. The molecule has 0 spiro atoms. The summed E-state index contributed by atoms with van der Waals surface area (Å²) >= 11 is 3.42. The Morgan fingerprint density at radius 2 is 1.87 bits per heavy atom. The van der Waals surface area contributed by atoms with Crippen LogP contribution >= 0.6 is 15.9 Å². The third-order valence-electron chi connectivity index (χ3n) is 3.18. The lowest BCUT2D eigenvalue weighted by molar-refractivity contribution is 0.262. The van der Waals surface area contributed by atoms with Crippen LogP contribution in [0.15, 0.2) is 63.6 Å². The van der Waals surface area contributed by atoms with Crippen LogP contribution in [0.3, 0.4) is 0 Å². The minimum absolute atomic E-state index is 0.351. The van der Waals surface area contributed by atoms with Crippen LogP contribution in [0.5, 0.6) is 0 Å². The summed E-state index contributed by atoms with van der Waals surface area (Å²) in [5, 5.41) is 9.26. The zero-order chi connectivity index (χ0) is 16.2. The summed E-state index contributed by atoms with van der Waals surface area (Å²) in [5.41, 5.74) is 2.68. The summed E-state index contributed by atoms with van der Waals surface area (Å²) in [7, 11) is 0. The number of nitrogens with one attached hydrogen (secondary N) is 2. The smallest absolute Gasteiger partial charge is 0.324 e. The van der Waals surface area contributed by atoms with Crippen LogP contribution in [-0.4, -0.2) is 11.2 Å². The first kappa shape index (κ1) is 15.3. The van der Waals surface area contributed by atoms with E-state index in [0.29, 0.717) is 17.3 Å². The molecule has 0 aliphatic rings. The number of hydrogen-bond acceptors (Lipinski definition) is 3. The molecule has 2 aromatic carbocycles. The van der Waals surface area contributed by atoms with Gasteiger partial charge in [-0.1, -0.05) is 41.6 Å². The number of aromatic nitrogens is 1. The van der Waals surface area contributed by atoms with Crippen molar-refractivity contribution >= 4 is 33.5 Å². The first-order valence-corrected chi connectivity index (χ1v) is 7.77. The Bertz CT molecular complexity index is 831. The van der Waals surface area contributed by atoms with E-state index >= 15 is 0 Å². The van der Waals surface area contributed by atoms with E-state index in [4.69, 9.17) is 4.52 Å². The van der Waals surface area contributed by atoms with E-state index in [1.54, 1.807) is 6.07 Å². The van der Waals surface area contributed by atoms with Gasteiger partial charge in [-0.25, -0.2) is 4.79 Å². The summed E-state index contributed by atoms with van der Waals surface area (Å²) in [6, 6.07) is 16.5. The fourth-order valence-electron chi connectivity index (χ4n) is 2.06. The minimum atomic E-state index is -0.387. The van der Waals surface area contributed by atoms with Gasteiger partial charge >= 0.3 is 6.03 Å². The van der Waals surface area contributed by atoms with Crippen molar-refractivity contribution < 1.29 is 9.32 Å². The van der Waals surface area contributed by atoms with Gasteiger partial charge < -0.3 is 9.84 Å². The quantitative estimate of drug-likeness (QED) is 0.676. The Morgan fingerprint density at radius 3 is 2.61 bits per heavy atom. The number of amides is 2. The van der Waals surface area contributed by atoms with Crippen LogP contribution in [0, 0.1) is 6.92 Å². The molecule has 3 aromatic rings. The van der Waals surface area contributed by atoms with Gasteiger partial charge in [-0.3, -0.25) is 5.32 Å². The number of urea groups is 1. The van der Waals surface area contributed by atoms with Gasteiger partial charge in [-0.2, -0.15) is 0 Å². The van der Waals surface area contributed by atoms with Crippen molar-refractivity contribution in [3.8, 4) is 11.3 Å². The molecular formula is C17H14BrN3O2. The summed E-state index contributed by atoms with van der Waals surface area (Å²) in [6.07, 6.45) is 0. The van der Waals surface area contributed by atoms with Crippen molar-refractivity contribution in [3.63, 3.8) is 0 Å². The van der Waals surface area contributed by atoms with Crippen molar-refractivity contribution in [1.82, 2.24) is 5.16 Å². The molecule has 0 radical (unpaired) electrons. The van der Waals surface area contributed by atoms with Crippen molar-refractivity contribution in [1.29, 1.82) is 0 Å². The first-order valence-electron chi connectivity index (χ1n) is 6.98. The summed E-state index contributed by atoms with van der Waals surface area (Å²) in [5.74, 6) is 0.946. The molecule has 3 rings (SSSR count). The number of carbonyl (C=O) groups is 1. The largest absolute Gasteiger partial charge is 0.354 e. The maximum absolute atomic E-state index is 12.0. The summed E-state index contributed by atoms with van der Waals surface area (Å²) in [4.78, 5) is 12.0. The maximum atomic E-state index is 12.0. The number of hydrogen-bond donors (Lipinski definition) is 2. The van der Waals surface area contributed by atoms with E-state index in [1.807, 2.05) is 55.5 Å². The highest BCUT2D eigenvalue weighted by Gasteiger charge is 2.10. The molecule has 1 aromatic heterocycles. The number of anilines is 2. The zero-order valence-corrected chi connectivity index (χ0v) is 13.9. The molecule has 0 atom stereocenters. The van der Waals surface area contributed by atoms with Gasteiger partial charge in [0.25, 0.3) is 0 Å². The second kappa shape index (κ2) is 6.66. The number of nitrogens with zero attached hydrogens (tertiary/aromatic N) is 1. The zero-order valence-electron chi connectivity index (χ0n) is 12.3. The number of benzene rings is 2. The lowest BCUT2D eigenvalue weighted by atomic mass is 10.2. The summed E-state index contributed by atoms with van der Waals surface area (Å²) < 4.78 is 6.06. The van der Waals surface area contributed by atoms with Crippen LogP contribution in [0.1, 0.15) is 5.56 Å². The van der Waals surface area contributed by atoms with E-state index in [-0.39, 0.29) is 6.03 Å². The van der Waals surface area contributed by atoms with Crippen LogP contribution in [-0.2, 0) is 0 Å². The van der Waals surface area contributed by atoms with E-state index < -0.39 is 0 Å². The Hall–Kier alpha value is -2.60. The van der Waals surface area contributed by atoms with Crippen LogP contribution in [0.2, 0.25) is 0 Å². The Morgan fingerprint density at radius 1 is 1.09 bits per heavy atom. The highest BCUT2D eigenvalue weighted by molar-refractivity contribution is 9.10. The van der Waals surface area contributed by atoms with Crippen molar-refractivity contribution in [2.45, 2.75) is 6.92 Å². The molecule has 0 unspecified atom stereocenters. The van der Waals surface area contributed by atoms with Crippen molar-refractivity contribution in [3.05, 3.63) is 64.6 Å². The topological polar surface area (TPSA) is 67.2 Å². The summed E-state index contributed by atoms with van der Waals surface area (Å²) in [6.45, 7) is 1.98. The van der Waals surface area contributed by atoms with Gasteiger partial charge in [-0.15, -0.1) is 0 Å². The molecule has 0 aliphatic carbocycles. The van der Waals surface area contributed by atoms with Gasteiger partial charge in [-0.05, 0) is 40.5 Å². The molecule has 2 N–H and O–H groups in total. The molecule has 0 aliphatic heterocycles. The number of aryl methyl sites for hydroxylation is 1. The third kappa shape index (κ3) is 3.78. The van der Waals surface area contributed by atoms with Gasteiger partial charge in [0.2, 0.25) is 0 Å². The molecule has 5 nitrogen and oxygen atoms in total. The van der Waals surface area contributed by atoms with Gasteiger partial charge in [0.1, 0.15) is 0 Å². The molecule has 23 heavy (non-hydrogen) atoms. The van der Waals surface area contributed by atoms with Gasteiger partial charge in [0.15, 0.2) is 11.6 Å². The average Bonchev–Trinajstić information content (AvgIpc) is 2.99. The SMILES string of the molecule is Cc1ccc(NC(=O)Nc2cc(-c3ccccc3)on2)c(Br)c1. The molecule has 0 saturated heterocycles. The van der Waals surface area contributed by atoms with Crippen molar-refractivity contribution in [2.75, 3.05) is 10.6 Å².